The third kappa shape index (κ3) is 6.14. The summed E-state index contributed by atoms with van der Waals surface area (Å²) in [6.45, 7) is 8.85. The van der Waals surface area contributed by atoms with Crippen molar-refractivity contribution in [3.63, 3.8) is 0 Å². The molecule has 1 amide bonds. The average Bonchev–Trinajstić information content (AvgIpc) is 4.03. The molecule has 1 saturated heterocycles. The number of aromatic amines is 1. The summed E-state index contributed by atoms with van der Waals surface area (Å²) in [6.07, 6.45) is 11.7. The molecule has 17 heteroatoms. The van der Waals surface area contributed by atoms with Crippen molar-refractivity contribution in [2.75, 3.05) is 13.2 Å². The van der Waals surface area contributed by atoms with Gasteiger partial charge in [0.25, 0.3) is 5.91 Å². The number of carbonyl (C=O) groups is 1. The number of ether oxygens (including phenoxy) is 1. The Balaban J connectivity index is 1.00. The molecule has 15 nitrogen and oxygen atoms in total. The maximum absolute atomic E-state index is 16.2. The zero-order chi connectivity index (χ0) is 45.6. The Labute approximate surface area is 376 Å². The number of fused-ring (bicyclic) bond motifs is 3. The minimum atomic E-state index is -0.768. The number of aryl methyl sites for hydroxylation is 2. The molecule has 0 radical (unpaired) electrons. The molecule has 0 spiro atoms. The molecule has 0 bridgehead atoms. The fourth-order valence-electron chi connectivity index (χ4n) is 10.9. The Bertz CT molecular complexity index is 3450. The Hall–Kier alpha value is -6.88. The number of nitrogens with one attached hydrogen (secondary N) is 1. The zero-order valence-electron chi connectivity index (χ0n) is 37.3. The number of carbonyl (C=O) groups excluding carboxylic acids is 1. The van der Waals surface area contributed by atoms with E-state index in [1.807, 2.05) is 34.6 Å². The van der Waals surface area contributed by atoms with E-state index in [0.717, 1.165) is 42.5 Å². The number of imidazole rings is 1. The molecule has 338 valence electrons. The van der Waals surface area contributed by atoms with Crippen LogP contribution in [0.4, 0.5) is 8.78 Å². The summed E-state index contributed by atoms with van der Waals surface area (Å²) in [6, 6.07) is 12.4. The van der Waals surface area contributed by atoms with E-state index in [9.17, 15) is 9.59 Å². The summed E-state index contributed by atoms with van der Waals surface area (Å²) in [4.78, 5) is 47.2. The van der Waals surface area contributed by atoms with Crippen molar-refractivity contribution in [1.29, 1.82) is 0 Å². The monoisotopic (exact) mass is 894 g/mol. The number of amides is 1. The number of aromatic nitrogens is 9. The Morgan fingerprint density at radius 2 is 1.76 bits per heavy atom. The van der Waals surface area contributed by atoms with Crippen LogP contribution in [0.1, 0.15) is 127 Å². The number of rotatable bonds is 8. The Kier molecular flexibility index (Phi) is 8.81. The van der Waals surface area contributed by atoms with Gasteiger partial charge in [-0.3, -0.25) is 28.1 Å². The van der Waals surface area contributed by atoms with Crippen LogP contribution in [-0.2, 0) is 23.6 Å². The molecule has 4 aliphatic rings. The lowest BCUT2D eigenvalue weighted by atomic mass is 9.84. The van der Waals surface area contributed by atoms with Crippen LogP contribution in [0.5, 0.6) is 0 Å². The van der Waals surface area contributed by atoms with Crippen molar-refractivity contribution in [3.8, 4) is 17.2 Å². The summed E-state index contributed by atoms with van der Waals surface area (Å²) < 4.78 is 50.9. The van der Waals surface area contributed by atoms with Gasteiger partial charge in [0.05, 0.1) is 56.8 Å². The highest BCUT2D eigenvalue weighted by molar-refractivity contribution is 5.98. The van der Waals surface area contributed by atoms with Gasteiger partial charge in [0.2, 0.25) is 0 Å². The first-order valence-corrected chi connectivity index (χ1v) is 22.7. The molecule has 2 aliphatic heterocycles. The molecule has 3 fully saturated rings. The van der Waals surface area contributed by atoms with Crippen LogP contribution in [0.2, 0.25) is 0 Å². The van der Waals surface area contributed by atoms with Gasteiger partial charge < -0.3 is 14.0 Å². The molecule has 66 heavy (non-hydrogen) atoms. The molecule has 8 aromatic rings. The van der Waals surface area contributed by atoms with Crippen LogP contribution < -0.4 is 11.4 Å². The fraction of sp³-hybridized carbons (Fsp3) is 0.388. The van der Waals surface area contributed by atoms with Gasteiger partial charge >= 0.3 is 11.4 Å². The van der Waals surface area contributed by atoms with Crippen molar-refractivity contribution in [3.05, 3.63) is 145 Å². The van der Waals surface area contributed by atoms with E-state index < -0.39 is 28.7 Å². The molecular formula is C49H48F2N10O5. The highest BCUT2D eigenvalue weighted by atomic mass is 19.1. The number of H-pyrrole nitrogens is 1. The largest absolute Gasteiger partial charge is 0.438 e. The maximum Gasteiger partial charge on any atom is 0.438 e. The number of hydrogen-bond donors (Lipinski definition) is 1. The molecule has 8 heterocycles. The minimum absolute atomic E-state index is 0.0529. The van der Waals surface area contributed by atoms with E-state index in [4.69, 9.17) is 14.4 Å². The molecular weight excluding hydrogens is 847 g/mol. The van der Waals surface area contributed by atoms with E-state index in [1.165, 1.54) is 21.5 Å². The van der Waals surface area contributed by atoms with E-state index in [1.54, 1.807) is 47.7 Å². The van der Waals surface area contributed by atoms with Gasteiger partial charge in [-0.05, 0) is 137 Å². The van der Waals surface area contributed by atoms with Gasteiger partial charge in [0.1, 0.15) is 11.6 Å². The van der Waals surface area contributed by atoms with Crippen LogP contribution in [0.15, 0.2) is 81.4 Å². The lowest BCUT2D eigenvalue weighted by molar-refractivity contribution is -0.0593. The van der Waals surface area contributed by atoms with Gasteiger partial charge in [0.15, 0.2) is 11.6 Å². The molecule has 2 atom stereocenters. The number of nitrogens with zero attached hydrogens (tertiary/aromatic N) is 9. The number of benzene rings is 2. The van der Waals surface area contributed by atoms with Gasteiger partial charge in [-0.1, -0.05) is 5.16 Å². The Morgan fingerprint density at radius 3 is 2.50 bits per heavy atom. The van der Waals surface area contributed by atoms with Crippen molar-refractivity contribution in [2.45, 2.75) is 102 Å². The van der Waals surface area contributed by atoms with Crippen LogP contribution >= 0.6 is 0 Å². The van der Waals surface area contributed by atoms with Crippen molar-refractivity contribution in [1.82, 2.24) is 48.1 Å². The second kappa shape index (κ2) is 14.3. The van der Waals surface area contributed by atoms with Crippen LogP contribution in [0.25, 0.3) is 33.6 Å². The lowest BCUT2D eigenvalue weighted by Crippen LogP contribution is -2.40. The average molecular weight is 895 g/mol. The second-order valence-corrected chi connectivity index (χ2v) is 19.4. The van der Waals surface area contributed by atoms with Gasteiger partial charge in [0, 0.05) is 62.0 Å². The molecule has 12 rings (SSSR count). The fourth-order valence-corrected chi connectivity index (χ4v) is 10.9. The Morgan fingerprint density at radius 1 is 0.955 bits per heavy atom. The van der Waals surface area contributed by atoms with Gasteiger partial charge in [-0.15, -0.1) is 0 Å². The van der Waals surface area contributed by atoms with E-state index >= 15 is 13.6 Å². The number of halogens is 2. The van der Waals surface area contributed by atoms with E-state index in [-0.39, 0.29) is 40.2 Å². The molecule has 2 aromatic carbocycles. The quantitative estimate of drug-likeness (QED) is 0.164. The van der Waals surface area contributed by atoms with Crippen LogP contribution in [0, 0.1) is 18.6 Å². The molecule has 0 unspecified atom stereocenters. The van der Waals surface area contributed by atoms with Crippen molar-refractivity contribution >= 4 is 22.3 Å². The van der Waals surface area contributed by atoms with Crippen LogP contribution in [0.3, 0.4) is 0 Å². The van der Waals surface area contributed by atoms with Gasteiger partial charge in [-0.25, -0.2) is 23.1 Å². The SMILES string of the molecule is Cc1cc(-n2nc3c(c2-n2ccn(-c4ccc5c(cnn5C)c4F)c2=O)[C@H](C)N(C(=O)c2cc4cc([C@H]5CCOC(C)(C)C5)ccn4c2C2(c4noc(=O)[nH]4)CC2)CC3)cc(C2CC2)c1F. The predicted molar refractivity (Wildman–Crippen MR) is 239 cm³/mol. The first-order valence-electron chi connectivity index (χ1n) is 22.7. The summed E-state index contributed by atoms with van der Waals surface area (Å²) in [7, 11) is 1.72. The van der Waals surface area contributed by atoms with E-state index in [2.05, 4.69) is 41.2 Å². The summed E-state index contributed by atoms with van der Waals surface area (Å²) in [5.74, 6) is -0.633. The number of hydrogen-bond acceptors (Lipinski definition) is 8. The minimum Gasteiger partial charge on any atom is -0.376 e. The normalized spacial score (nSPS) is 20.1. The van der Waals surface area contributed by atoms with Crippen molar-refractivity contribution in [2.24, 2.45) is 7.05 Å². The lowest BCUT2D eigenvalue weighted by Gasteiger charge is -2.35. The third-order valence-electron chi connectivity index (χ3n) is 14.6. The third-order valence-corrected chi connectivity index (χ3v) is 14.6. The second-order valence-electron chi connectivity index (χ2n) is 19.4. The van der Waals surface area contributed by atoms with E-state index in [0.29, 0.717) is 83.2 Å². The predicted octanol–water partition coefficient (Wildman–Crippen LogP) is 7.61. The highest BCUT2D eigenvalue weighted by Gasteiger charge is 2.54. The molecule has 2 saturated carbocycles. The highest BCUT2D eigenvalue weighted by Crippen LogP contribution is 2.54. The molecule has 2 aliphatic carbocycles. The summed E-state index contributed by atoms with van der Waals surface area (Å²) >= 11 is 0. The molecule has 6 aromatic heterocycles. The van der Waals surface area contributed by atoms with Gasteiger partial charge in [-0.2, -0.15) is 10.2 Å². The topological polar surface area (TPSA) is 155 Å². The van der Waals surface area contributed by atoms with Crippen LogP contribution in [-0.4, -0.2) is 72.8 Å². The number of pyridine rings is 1. The summed E-state index contributed by atoms with van der Waals surface area (Å²) in [5, 5.41) is 13.8. The standard InChI is InChI=1S/C49H48F2N10O5/c1-26-20-32(23-33(40(26)50)28-6-7-28)61-43(60-18-17-59(47(60)64)38-9-8-37-35(41(38)51)25-52-56(37)5)39-27(2)57(16-11-36(39)54-61)44(62)34-22-31-21-29(30-12-19-65-48(3,4)24-30)10-15-58(31)42(34)49(13-14-49)45-53-46(63)66-55-45/h8-10,15,17-18,20-23,25,27-28,30H,6-7,11-14,16,19,24H2,1-5H3,(H,53,55,63)/t27-,30-/m0/s1. The zero-order valence-corrected chi connectivity index (χ0v) is 37.3. The maximum atomic E-state index is 16.2. The first-order chi connectivity index (χ1) is 31.7. The molecule has 1 N–H and O–H groups in total. The summed E-state index contributed by atoms with van der Waals surface area (Å²) in [5.41, 5.74) is 5.20. The smallest absolute Gasteiger partial charge is 0.376 e. The van der Waals surface area contributed by atoms with Crippen molar-refractivity contribution < 1.29 is 22.8 Å². The first kappa shape index (κ1) is 40.6.